The molecule has 5 aliphatic heterocycles. The summed E-state index contributed by atoms with van der Waals surface area (Å²) in [5.74, 6) is -5.33. The maximum absolute atomic E-state index is 13.9. The Kier molecular flexibility index (Phi) is 33.5. The van der Waals surface area contributed by atoms with E-state index in [0.29, 0.717) is 36.8 Å². The second kappa shape index (κ2) is 44.0. The summed E-state index contributed by atoms with van der Waals surface area (Å²) < 4.78 is 45.7. The van der Waals surface area contributed by atoms with E-state index in [1.54, 1.807) is 48.5 Å². The standard InChI is InChI=1S/C38H40N2O8.C20H18O6.C10H10Cl3N.C9H11NO.C6H6O6.C6H10O6/c41-29-19-25-15-7-9-17-27(25)31(29)39-37(45)35(47-21-23-11-3-1-4-12-23)33(43)34(44)36(48-22-24-13-5-2-6-14-24)38(46)40-32-28-18-10-8-16-26(28)20-30(32)42;21-19-17(23-11-13-7-3-1-4-8-13)15-16(26-19)18(20(22)25-15)24-12-14-9-5-2-6-10-14;11-10(12,13)9(14)7-6-8-4-2-1-3-5-8;10-9-7-4-2-1-3-6(7)5-8(9)11;7-1-3-4(12-5(1)9)2(8)6(10)11-3;7-1-2(8)5-3(9)4(10)6(11)12-5/h1-18,29-36,41-44H,19-22H2,(H,39,45)(H,40,46);1-10,15-18H,11-12H2;1-5,14H,6-7H2;1-4,8-9,11H,5,10H2;1-4,7-8H;2-5,7-10H,1H2/t;;;;1-,2-,3+,4+;2-,3?,4?,5?/m....10/s1. The smallest absolute Gasteiger partial charge is 0.339 e. The van der Waals surface area contributed by atoms with Crippen LogP contribution in [0.3, 0.4) is 0 Å². The predicted octanol–water partition coefficient (Wildman–Crippen LogP) is 3.59. The number of carbonyl (C=O) groups excluding carboxylic acids is 7. The number of aliphatic hydroxyl groups is 11. The summed E-state index contributed by atoms with van der Waals surface area (Å²) in [7, 11) is 0. The molecule has 22 atom stereocenters. The highest BCUT2D eigenvalue weighted by molar-refractivity contribution is 6.76. The van der Waals surface area contributed by atoms with Gasteiger partial charge in [-0.1, -0.05) is 259 Å². The first-order valence-electron chi connectivity index (χ1n) is 39.3. The molecule has 31 nitrogen and oxygen atoms in total. The van der Waals surface area contributed by atoms with E-state index < -0.39 is 174 Å². The number of alkyl halides is 3. The highest BCUT2D eigenvalue weighted by atomic mass is 35.6. The van der Waals surface area contributed by atoms with Crippen LogP contribution in [0.1, 0.15) is 85.7 Å². The van der Waals surface area contributed by atoms with Gasteiger partial charge >= 0.3 is 29.8 Å². The monoisotopic (exact) mass is 1760 g/mol. The van der Waals surface area contributed by atoms with Crippen LogP contribution in [0.25, 0.3) is 0 Å². The van der Waals surface area contributed by atoms with E-state index in [2.05, 4.69) is 24.8 Å². The van der Waals surface area contributed by atoms with E-state index in [4.69, 9.17) is 105 Å². The highest BCUT2D eigenvalue weighted by Gasteiger charge is 2.60. The Morgan fingerprint density at radius 2 is 0.756 bits per heavy atom. The van der Waals surface area contributed by atoms with Gasteiger partial charge in [-0.25, -0.2) is 24.0 Å². The summed E-state index contributed by atoms with van der Waals surface area (Å²) in [5, 5.41) is 121. The number of hydrogen-bond donors (Lipinski definition) is 15. The van der Waals surface area contributed by atoms with Gasteiger partial charge in [0, 0.05) is 19.3 Å². The normalized spacial score (nSPS) is 26.4. The molecule has 16 rings (SSSR count). The van der Waals surface area contributed by atoms with Crippen molar-refractivity contribution in [3.63, 3.8) is 0 Å². The Labute approximate surface area is 721 Å². The lowest BCUT2D eigenvalue weighted by Crippen LogP contribution is -2.57. The lowest BCUT2D eigenvalue weighted by molar-refractivity contribution is -0.171. The average Bonchev–Trinajstić information content (AvgIpc) is 1.63. The Bertz CT molecular complexity index is 4620. The topological polar surface area (TPSA) is 499 Å². The number of cyclic esters (lactones) is 1. The minimum Gasteiger partial charge on any atom is -0.455 e. The van der Waals surface area contributed by atoms with Gasteiger partial charge in [0.2, 0.25) is 3.79 Å². The number of hydrogen-bond acceptors (Lipinski definition) is 29. The van der Waals surface area contributed by atoms with Crippen LogP contribution >= 0.6 is 34.8 Å². The van der Waals surface area contributed by atoms with E-state index >= 15 is 0 Å². The number of fused-ring (bicyclic) bond motifs is 5. The molecule has 5 heterocycles. The molecule has 5 fully saturated rings. The van der Waals surface area contributed by atoms with Crippen LogP contribution in [-0.4, -0.2) is 230 Å². The number of rotatable bonds is 24. The van der Waals surface area contributed by atoms with Crippen LogP contribution in [0.4, 0.5) is 0 Å². The van der Waals surface area contributed by atoms with Crippen LogP contribution < -0.4 is 16.4 Å². The Morgan fingerprint density at radius 1 is 0.431 bits per heavy atom. The van der Waals surface area contributed by atoms with Gasteiger partial charge in [-0.05, 0) is 74.0 Å². The zero-order valence-corrected chi connectivity index (χ0v) is 68.1. The summed E-state index contributed by atoms with van der Waals surface area (Å²) >= 11 is 16.7. The first-order chi connectivity index (χ1) is 59.0. The molecule has 2 amide bonds. The molecule has 0 radical (unpaired) electrons. The number of esters is 5. The van der Waals surface area contributed by atoms with Crippen LogP contribution in [0, 0.1) is 5.41 Å². The predicted molar refractivity (Wildman–Crippen MR) is 439 cm³/mol. The molecule has 3 aliphatic carbocycles. The molecule has 0 saturated carbocycles. The van der Waals surface area contributed by atoms with Gasteiger partial charge in [-0.3, -0.25) is 9.59 Å². The molecular weight excluding hydrogens is 1660 g/mol. The number of nitrogens with one attached hydrogen (secondary N) is 3. The maximum atomic E-state index is 13.9. The van der Waals surface area contributed by atoms with Crippen molar-refractivity contribution in [1.29, 1.82) is 5.41 Å². The van der Waals surface area contributed by atoms with E-state index in [-0.39, 0.29) is 44.3 Å². The fraction of sp³-hybridized carbons (Fsp3) is 0.371. The van der Waals surface area contributed by atoms with Crippen molar-refractivity contribution in [2.45, 2.75) is 196 Å². The third kappa shape index (κ3) is 24.3. The summed E-state index contributed by atoms with van der Waals surface area (Å²) in [4.78, 5) is 83.9. The van der Waals surface area contributed by atoms with Crippen molar-refractivity contribution in [3.05, 3.63) is 286 Å². The third-order valence-corrected chi connectivity index (χ3v) is 21.9. The van der Waals surface area contributed by atoms with Crippen molar-refractivity contribution >= 4 is 82.2 Å². The minimum atomic E-state index is -1.94. The molecule has 5 saturated heterocycles. The Balaban J connectivity index is 0.000000163. The fourth-order valence-electron chi connectivity index (χ4n) is 14.6. The van der Waals surface area contributed by atoms with E-state index in [0.717, 1.165) is 50.9 Å². The van der Waals surface area contributed by atoms with Crippen molar-refractivity contribution in [2.24, 2.45) is 5.73 Å². The number of amides is 2. The quantitative estimate of drug-likeness (QED) is 0.0178. The SMILES string of the molecule is N=C(CCc1ccccc1)C(Cl)(Cl)Cl.NC1c2ccccc2CC1O.O=C(NC1c2ccccc2CC1O)C(OCc1ccccc1)C(O)C(O)C(OCc1ccccc1)C(=O)NC1c2ccccc2CC1O.O=C1OC([C@@H](O)CO)C(O)C1O.O=C1OC2C(OCc3ccccc3)C(=O)OC2C1OCc1ccccc1.O=C1O[C@@H]2[C@@H](OC(=O)[C@@H]2O)[C@H]1O. The number of aliphatic hydroxyl groups excluding tert-OH is 11. The van der Waals surface area contributed by atoms with E-state index in [1.807, 2.05) is 176 Å². The Hall–Kier alpha value is -10.0. The first kappa shape index (κ1) is 93.6. The van der Waals surface area contributed by atoms with Gasteiger partial charge in [0.15, 0.2) is 73.2 Å². The number of ether oxygens (including phenoxy) is 9. The molecule has 8 aliphatic rings. The molecule has 8 aromatic rings. The van der Waals surface area contributed by atoms with Crippen molar-refractivity contribution in [1.82, 2.24) is 10.6 Å². The minimum absolute atomic E-state index is 0.0840. The second-order valence-corrected chi connectivity index (χ2v) is 32.1. The molecule has 0 bridgehead atoms. The van der Waals surface area contributed by atoms with Crippen molar-refractivity contribution in [3.8, 4) is 0 Å². The van der Waals surface area contributed by atoms with Gasteiger partial charge in [0.1, 0.15) is 24.4 Å². The summed E-state index contributed by atoms with van der Waals surface area (Å²) in [6.45, 7) is -0.339. The largest absolute Gasteiger partial charge is 0.455 e. The molecule has 8 aromatic carbocycles. The molecule has 17 unspecified atom stereocenters. The number of carbonyl (C=O) groups is 7. The van der Waals surface area contributed by atoms with Crippen molar-refractivity contribution < 1.29 is 132 Å². The van der Waals surface area contributed by atoms with E-state index in [9.17, 15) is 59.1 Å². The van der Waals surface area contributed by atoms with Crippen LogP contribution in [0.15, 0.2) is 224 Å². The fourth-order valence-corrected chi connectivity index (χ4v) is 14.9. The third-order valence-electron chi connectivity index (χ3n) is 21.2. The van der Waals surface area contributed by atoms with Crippen LogP contribution in [-0.2, 0) is 128 Å². The molecule has 0 aromatic heterocycles. The molecule has 654 valence electrons. The lowest BCUT2D eigenvalue weighted by atomic mass is 9.99. The van der Waals surface area contributed by atoms with E-state index in [1.165, 1.54) is 5.56 Å². The molecule has 123 heavy (non-hydrogen) atoms. The zero-order valence-electron chi connectivity index (χ0n) is 65.8. The summed E-state index contributed by atoms with van der Waals surface area (Å²) in [6, 6.07) is 67.7. The first-order valence-corrected chi connectivity index (χ1v) is 40.5. The second-order valence-electron chi connectivity index (χ2n) is 29.8. The molecule has 0 spiro atoms. The van der Waals surface area contributed by atoms with Crippen LogP contribution in [0.5, 0.6) is 0 Å². The molecule has 16 N–H and O–H groups in total. The van der Waals surface area contributed by atoms with Gasteiger partial charge in [-0.2, -0.15) is 0 Å². The number of aryl methyl sites for hydroxylation is 1. The molecular formula is C89H95Cl3N4O27. The summed E-state index contributed by atoms with van der Waals surface area (Å²) in [6.07, 6.45) is -20.9. The zero-order chi connectivity index (χ0) is 88.2. The Morgan fingerprint density at radius 3 is 1.11 bits per heavy atom. The average molecular weight is 1760 g/mol. The summed E-state index contributed by atoms with van der Waals surface area (Å²) in [5.41, 5.74) is 15.8. The van der Waals surface area contributed by atoms with Gasteiger partial charge in [-0.15, -0.1) is 0 Å². The number of halogens is 3. The maximum Gasteiger partial charge on any atom is 0.339 e. The highest BCUT2D eigenvalue weighted by Crippen LogP contribution is 2.37. The van der Waals surface area contributed by atoms with Gasteiger partial charge in [0.25, 0.3) is 11.8 Å². The number of nitrogens with two attached hydrogens (primary N) is 1. The number of benzene rings is 8. The van der Waals surface area contributed by atoms with Gasteiger partial charge in [0.05, 0.1) is 75.2 Å². The van der Waals surface area contributed by atoms with Crippen molar-refractivity contribution in [2.75, 3.05) is 6.61 Å². The van der Waals surface area contributed by atoms with Gasteiger partial charge < -0.3 is 121 Å². The lowest BCUT2D eigenvalue weighted by Gasteiger charge is -2.32. The molecule has 34 heteroatoms. The van der Waals surface area contributed by atoms with Crippen LogP contribution in [0.2, 0.25) is 0 Å².